The normalized spacial score (nSPS) is 57.7. The lowest BCUT2D eigenvalue weighted by molar-refractivity contribution is -0.322. The fourth-order valence-corrected chi connectivity index (χ4v) is 6.58. The highest BCUT2D eigenvalue weighted by atomic mass is 79.9. The molecule has 0 amide bonds. The molecule has 4 aliphatic rings. The van der Waals surface area contributed by atoms with Gasteiger partial charge in [0, 0.05) is 12.3 Å². The van der Waals surface area contributed by atoms with Crippen molar-refractivity contribution in [2.45, 2.75) is 73.9 Å². The third-order valence-corrected chi connectivity index (χ3v) is 9.17. The summed E-state index contributed by atoms with van der Waals surface area (Å²) in [5.74, 6) is -0.788. The van der Waals surface area contributed by atoms with E-state index in [1.165, 1.54) is 0 Å². The van der Waals surface area contributed by atoms with Gasteiger partial charge >= 0.3 is 0 Å². The maximum atomic E-state index is 11.4. The van der Waals surface area contributed by atoms with Crippen LogP contribution in [-0.2, 0) is 14.2 Å². The minimum absolute atomic E-state index is 0.114. The van der Waals surface area contributed by atoms with E-state index in [0.29, 0.717) is 13.2 Å². The summed E-state index contributed by atoms with van der Waals surface area (Å²) in [6.45, 7) is 7.23. The van der Waals surface area contributed by atoms with Crippen LogP contribution in [0.25, 0.3) is 0 Å². The van der Waals surface area contributed by atoms with Gasteiger partial charge in [0.05, 0.1) is 24.1 Å². The minimum Gasteiger partial charge on any atom is -0.393 e. The molecule has 2 N–H and O–H groups in total. The Balaban J connectivity index is 1.87. The lowest BCUT2D eigenvalue weighted by Gasteiger charge is -2.61. The van der Waals surface area contributed by atoms with Crippen molar-refractivity contribution in [3.8, 4) is 0 Å². The Bertz CT molecular complexity index is 523. The second-order valence-corrected chi connectivity index (χ2v) is 9.76. The number of halogens is 1. The van der Waals surface area contributed by atoms with Crippen LogP contribution < -0.4 is 0 Å². The molecule has 2 saturated carbocycles. The first-order valence-corrected chi connectivity index (χ1v) is 9.45. The molecule has 2 spiro atoms. The predicted molar refractivity (Wildman–Crippen MR) is 87.3 cm³/mol. The van der Waals surface area contributed by atoms with E-state index in [-0.39, 0.29) is 17.9 Å². The van der Waals surface area contributed by atoms with Crippen LogP contribution in [0.15, 0.2) is 0 Å². The van der Waals surface area contributed by atoms with E-state index in [2.05, 4.69) is 29.8 Å². The number of aliphatic hydroxyl groups is 2. The maximum Gasteiger partial charge on any atom is 0.173 e. The van der Waals surface area contributed by atoms with Gasteiger partial charge in [0.1, 0.15) is 17.3 Å². The minimum atomic E-state index is -0.824. The molecule has 6 heteroatoms. The average Bonchev–Trinajstić information content (AvgIpc) is 3.05. The first-order valence-electron chi connectivity index (χ1n) is 8.66. The van der Waals surface area contributed by atoms with Gasteiger partial charge in [-0.2, -0.15) is 0 Å². The van der Waals surface area contributed by atoms with Gasteiger partial charge in [0.2, 0.25) is 0 Å². The molecule has 2 aliphatic carbocycles. The Hall–Kier alpha value is 0.280. The van der Waals surface area contributed by atoms with Crippen LogP contribution in [0.5, 0.6) is 0 Å². The van der Waals surface area contributed by atoms with Crippen LogP contribution in [0.2, 0.25) is 0 Å². The summed E-state index contributed by atoms with van der Waals surface area (Å²) in [5.41, 5.74) is -1.76. The molecule has 2 saturated heterocycles. The summed E-state index contributed by atoms with van der Waals surface area (Å²) >= 11 is 3.77. The van der Waals surface area contributed by atoms with Crippen molar-refractivity contribution in [3.63, 3.8) is 0 Å². The van der Waals surface area contributed by atoms with Crippen molar-refractivity contribution < 1.29 is 24.4 Å². The van der Waals surface area contributed by atoms with Crippen molar-refractivity contribution in [1.82, 2.24) is 0 Å². The smallest absolute Gasteiger partial charge is 0.173 e. The van der Waals surface area contributed by atoms with E-state index in [1.54, 1.807) is 0 Å². The highest BCUT2D eigenvalue weighted by Crippen LogP contribution is 2.71. The second-order valence-electron chi connectivity index (χ2n) is 8.34. The summed E-state index contributed by atoms with van der Waals surface area (Å²) in [5, 5.41) is 21.4. The van der Waals surface area contributed by atoms with Crippen LogP contribution in [0.3, 0.4) is 0 Å². The third kappa shape index (κ3) is 1.66. The summed E-state index contributed by atoms with van der Waals surface area (Å²) in [7, 11) is 0. The van der Waals surface area contributed by atoms with Gasteiger partial charge < -0.3 is 24.4 Å². The summed E-state index contributed by atoms with van der Waals surface area (Å²) in [6, 6.07) is 0. The third-order valence-electron chi connectivity index (χ3n) is 7.50. The SMILES string of the molecule is C[C@H]1C2(CC[C@]3(C)CC[C@@]4(Br)[C@H](O)[C@@]13O[C@]4(C)CO)OCCO2. The first-order chi connectivity index (χ1) is 10.7. The molecule has 4 rings (SSSR count). The fraction of sp³-hybridized carbons (Fsp3) is 1.00. The zero-order valence-electron chi connectivity index (χ0n) is 14.1. The Morgan fingerprint density at radius 3 is 2.30 bits per heavy atom. The van der Waals surface area contributed by atoms with Crippen molar-refractivity contribution >= 4 is 15.9 Å². The molecule has 2 heterocycles. The number of fused-ring (bicyclic) bond motifs is 1. The Kier molecular flexibility index (Phi) is 3.43. The lowest BCUT2D eigenvalue weighted by atomic mass is 9.50. The van der Waals surface area contributed by atoms with Gasteiger partial charge in [-0.05, 0) is 31.6 Å². The number of hydrogen-bond acceptors (Lipinski definition) is 5. The Morgan fingerprint density at radius 2 is 1.70 bits per heavy atom. The summed E-state index contributed by atoms with van der Waals surface area (Å²) in [4.78, 5) is 0. The number of ether oxygens (including phenoxy) is 3. The zero-order chi connectivity index (χ0) is 16.7. The molecule has 0 unspecified atom stereocenters. The quantitative estimate of drug-likeness (QED) is 0.669. The average molecular weight is 391 g/mol. The molecule has 2 aliphatic heterocycles. The molecule has 132 valence electrons. The van der Waals surface area contributed by atoms with E-state index in [9.17, 15) is 10.2 Å². The Morgan fingerprint density at radius 1 is 1.09 bits per heavy atom. The molecule has 0 aromatic heterocycles. The monoisotopic (exact) mass is 390 g/mol. The standard InChI is InChI=1S/C17H27BrO5/c1-11-16(21-8-9-22-16)7-5-13(2)4-6-15(18)12(20)17(11,13)23-14(15,3)10-19/h11-12,19-20H,4-10H2,1-3H3/t11-,12-,13-,14+,15+,17-/m0/s1. The van der Waals surface area contributed by atoms with Crippen LogP contribution in [0, 0.1) is 11.3 Å². The molecule has 6 atom stereocenters. The topological polar surface area (TPSA) is 68.2 Å². The summed E-state index contributed by atoms with van der Waals surface area (Å²) in [6.07, 6.45) is 2.73. The van der Waals surface area contributed by atoms with E-state index in [1.807, 2.05) is 6.92 Å². The molecule has 4 fully saturated rings. The molecule has 0 radical (unpaired) electrons. The van der Waals surface area contributed by atoms with Gasteiger partial charge in [-0.25, -0.2) is 0 Å². The van der Waals surface area contributed by atoms with Gasteiger partial charge in [0.15, 0.2) is 5.79 Å². The molecule has 5 nitrogen and oxygen atoms in total. The molecule has 2 bridgehead atoms. The van der Waals surface area contributed by atoms with E-state index >= 15 is 0 Å². The van der Waals surface area contributed by atoms with E-state index < -0.39 is 27.4 Å². The number of rotatable bonds is 1. The molecule has 23 heavy (non-hydrogen) atoms. The van der Waals surface area contributed by atoms with Gasteiger partial charge in [-0.1, -0.05) is 29.8 Å². The zero-order valence-corrected chi connectivity index (χ0v) is 15.7. The highest BCUT2D eigenvalue weighted by Gasteiger charge is 2.80. The molecule has 0 aromatic rings. The van der Waals surface area contributed by atoms with E-state index in [4.69, 9.17) is 14.2 Å². The van der Waals surface area contributed by atoms with Crippen molar-refractivity contribution in [2.75, 3.05) is 19.8 Å². The van der Waals surface area contributed by atoms with Gasteiger partial charge in [-0.15, -0.1) is 0 Å². The molecular formula is C17H27BrO5. The van der Waals surface area contributed by atoms with Crippen molar-refractivity contribution in [1.29, 1.82) is 0 Å². The van der Waals surface area contributed by atoms with Crippen LogP contribution >= 0.6 is 15.9 Å². The molecule has 0 aromatic carbocycles. The lowest BCUT2D eigenvalue weighted by Crippen LogP contribution is -2.71. The highest BCUT2D eigenvalue weighted by molar-refractivity contribution is 9.10. The van der Waals surface area contributed by atoms with Gasteiger partial charge in [0.25, 0.3) is 0 Å². The van der Waals surface area contributed by atoms with Crippen LogP contribution in [-0.4, -0.2) is 57.5 Å². The van der Waals surface area contributed by atoms with Crippen LogP contribution in [0.4, 0.5) is 0 Å². The largest absolute Gasteiger partial charge is 0.393 e. The predicted octanol–water partition coefficient (Wildman–Crippen LogP) is 1.97. The number of hydrogen-bond donors (Lipinski definition) is 2. The van der Waals surface area contributed by atoms with Crippen molar-refractivity contribution in [3.05, 3.63) is 0 Å². The van der Waals surface area contributed by atoms with E-state index in [0.717, 1.165) is 25.7 Å². The second kappa shape index (κ2) is 4.71. The molecular weight excluding hydrogens is 364 g/mol. The Labute approximate surface area is 145 Å². The first kappa shape index (κ1) is 16.7. The summed E-state index contributed by atoms with van der Waals surface area (Å²) < 4.78 is 18.0. The number of alkyl halides is 1. The maximum absolute atomic E-state index is 11.4. The number of aliphatic hydroxyl groups excluding tert-OH is 2. The van der Waals surface area contributed by atoms with Gasteiger partial charge in [-0.3, -0.25) is 0 Å². The fourth-order valence-electron chi connectivity index (χ4n) is 5.84. The van der Waals surface area contributed by atoms with Crippen LogP contribution in [0.1, 0.15) is 46.5 Å². The van der Waals surface area contributed by atoms with Crippen molar-refractivity contribution in [2.24, 2.45) is 11.3 Å².